The molecule has 19 heavy (non-hydrogen) atoms. The van der Waals surface area contributed by atoms with E-state index in [-0.39, 0.29) is 29.5 Å². The lowest BCUT2D eigenvalue weighted by Crippen LogP contribution is -2.03. The molecule has 2 aromatic carbocycles. The molecule has 2 nitrogen and oxygen atoms in total. The molecule has 0 unspecified atom stereocenters. The smallest absolute Gasteiger partial charge is 0.165 e. The fraction of sp³-hybridized carbons (Fsp3) is 0.143. The standard InChI is InChI=1S/C14H11ClF2O2/c15-11-4-2-5-12(16)10(11)8-19-14-9(7-18)3-1-6-13(14)17/h1-6,18H,7-8H2. The third-order valence-corrected chi connectivity index (χ3v) is 3.00. The van der Waals surface area contributed by atoms with E-state index >= 15 is 0 Å². The van der Waals surface area contributed by atoms with E-state index in [0.29, 0.717) is 5.56 Å². The zero-order valence-corrected chi connectivity index (χ0v) is 10.6. The summed E-state index contributed by atoms with van der Waals surface area (Å²) in [6.07, 6.45) is 0. The number of hydrogen-bond donors (Lipinski definition) is 1. The van der Waals surface area contributed by atoms with Gasteiger partial charge < -0.3 is 9.84 Å². The van der Waals surface area contributed by atoms with Crippen molar-refractivity contribution in [2.24, 2.45) is 0 Å². The fourth-order valence-corrected chi connectivity index (χ4v) is 1.87. The first kappa shape index (κ1) is 13.8. The first-order valence-electron chi connectivity index (χ1n) is 5.57. The highest BCUT2D eigenvalue weighted by Crippen LogP contribution is 2.26. The Morgan fingerprint density at radius 1 is 1.05 bits per heavy atom. The van der Waals surface area contributed by atoms with Crippen molar-refractivity contribution < 1.29 is 18.6 Å². The molecule has 5 heteroatoms. The van der Waals surface area contributed by atoms with E-state index in [1.54, 1.807) is 0 Å². The summed E-state index contributed by atoms with van der Waals surface area (Å²) in [5, 5.41) is 9.31. The molecule has 0 fully saturated rings. The first-order valence-corrected chi connectivity index (χ1v) is 5.95. The van der Waals surface area contributed by atoms with Gasteiger partial charge in [0.25, 0.3) is 0 Å². The SMILES string of the molecule is OCc1cccc(F)c1OCc1c(F)cccc1Cl. The Kier molecular flexibility index (Phi) is 4.35. The summed E-state index contributed by atoms with van der Waals surface area (Å²) in [5.41, 5.74) is 0.448. The maximum absolute atomic E-state index is 13.6. The van der Waals surface area contributed by atoms with Gasteiger partial charge in [-0.25, -0.2) is 8.78 Å². The van der Waals surface area contributed by atoms with Crippen LogP contribution in [-0.4, -0.2) is 5.11 Å². The van der Waals surface area contributed by atoms with Crippen LogP contribution in [0.4, 0.5) is 8.78 Å². The van der Waals surface area contributed by atoms with E-state index in [9.17, 15) is 8.78 Å². The molecule has 0 saturated heterocycles. The Morgan fingerprint density at radius 3 is 2.42 bits per heavy atom. The molecule has 0 spiro atoms. The van der Waals surface area contributed by atoms with Crippen molar-refractivity contribution in [3.05, 3.63) is 64.2 Å². The summed E-state index contributed by atoms with van der Waals surface area (Å²) >= 11 is 5.85. The van der Waals surface area contributed by atoms with Gasteiger partial charge in [0.2, 0.25) is 0 Å². The van der Waals surface area contributed by atoms with Gasteiger partial charge in [0.15, 0.2) is 11.6 Å². The molecule has 0 amide bonds. The second-order valence-corrected chi connectivity index (χ2v) is 4.28. The number of benzene rings is 2. The molecular formula is C14H11ClF2O2. The van der Waals surface area contributed by atoms with Gasteiger partial charge in [-0.05, 0) is 18.2 Å². The summed E-state index contributed by atoms with van der Waals surface area (Å²) in [6.45, 7) is -0.572. The summed E-state index contributed by atoms with van der Waals surface area (Å²) in [5.74, 6) is -1.22. The molecular weight excluding hydrogens is 274 g/mol. The van der Waals surface area contributed by atoms with Gasteiger partial charge in [-0.2, -0.15) is 0 Å². The lowest BCUT2D eigenvalue weighted by molar-refractivity contribution is 0.249. The lowest BCUT2D eigenvalue weighted by atomic mass is 10.2. The molecule has 0 aromatic heterocycles. The molecule has 1 N–H and O–H groups in total. The average molecular weight is 285 g/mol. The number of hydrogen-bond acceptors (Lipinski definition) is 2. The Morgan fingerprint density at radius 2 is 1.74 bits per heavy atom. The Labute approximate surface area is 114 Å². The van der Waals surface area contributed by atoms with Crippen LogP contribution in [0.25, 0.3) is 0 Å². The lowest BCUT2D eigenvalue weighted by Gasteiger charge is -2.12. The van der Waals surface area contributed by atoms with Crippen LogP contribution < -0.4 is 4.74 Å². The van der Waals surface area contributed by atoms with Crippen molar-refractivity contribution in [1.82, 2.24) is 0 Å². The highest BCUT2D eigenvalue weighted by Gasteiger charge is 2.12. The van der Waals surface area contributed by atoms with Gasteiger partial charge in [-0.15, -0.1) is 0 Å². The van der Waals surface area contributed by atoms with Gasteiger partial charge >= 0.3 is 0 Å². The second kappa shape index (κ2) is 5.99. The highest BCUT2D eigenvalue weighted by molar-refractivity contribution is 6.31. The largest absolute Gasteiger partial charge is 0.485 e. The normalized spacial score (nSPS) is 10.5. The molecule has 0 atom stereocenters. The highest BCUT2D eigenvalue weighted by atomic mass is 35.5. The molecule has 0 radical (unpaired) electrons. The number of halogens is 3. The second-order valence-electron chi connectivity index (χ2n) is 3.88. The molecule has 0 aliphatic rings. The maximum atomic E-state index is 13.6. The Bertz CT molecular complexity index is 567. The van der Waals surface area contributed by atoms with Crippen LogP contribution >= 0.6 is 11.6 Å². The Balaban J connectivity index is 2.24. The molecule has 0 aliphatic heterocycles. The molecule has 100 valence electrons. The topological polar surface area (TPSA) is 29.5 Å². The average Bonchev–Trinajstić information content (AvgIpc) is 2.39. The number of ether oxygens (including phenoxy) is 1. The number of para-hydroxylation sites is 1. The van der Waals surface area contributed by atoms with Crippen molar-refractivity contribution in [3.63, 3.8) is 0 Å². The van der Waals surface area contributed by atoms with Crippen molar-refractivity contribution in [2.45, 2.75) is 13.2 Å². The minimum atomic E-state index is -0.612. The van der Waals surface area contributed by atoms with Gasteiger partial charge in [0, 0.05) is 11.1 Å². The van der Waals surface area contributed by atoms with E-state index in [4.69, 9.17) is 21.4 Å². The van der Waals surface area contributed by atoms with Crippen molar-refractivity contribution in [1.29, 1.82) is 0 Å². The van der Waals surface area contributed by atoms with Crippen LogP contribution in [0, 0.1) is 11.6 Å². The summed E-state index contributed by atoms with van der Waals surface area (Å²) in [7, 11) is 0. The predicted molar refractivity (Wildman–Crippen MR) is 68.1 cm³/mol. The van der Waals surface area contributed by atoms with Gasteiger partial charge in [0.1, 0.15) is 12.4 Å². The minimum Gasteiger partial charge on any atom is -0.485 e. The van der Waals surface area contributed by atoms with Crippen LogP contribution in [0.5, 0.6) is 5.75 Å². The van der Waals surface area contributed by atoms with E-state index in [1.165, 1.54) is 36.4 Å². The fourth-order valence-electron chi connectivity index (χ4n) is 1.65. The zero-order valence-electron chi connectivity index (χ0n) is 9.87. The molecule has 2 rings (SSSR count). The van der Waals surface area contributed by atoms with E-state index < -0.39 is 11.6 Å². The monoisotopic (exact) mass is 284 g/mol. The molecule has 0 heterocycles. The number of aliphatic hydroxyl groups excluding tert-OH is 1. The van der Waals surface area contributed by atoms with Gasteiger partial charge in [-0.1, -0.05) is 29.8 Å². The molecule has 0 saturated carbocycles. The van der Waals surface area contributed by atoms with Gasteiger partial charge in [-0.3, -0.25) is 0 Å². The number of aliphatic hydroxyl groups is 1. The summed E-state index contributed by atoms with van der Waals surface area (Å²) < 4.78 is 32.4. The van der Waals surface area contributed by atoms with Crippen LogP contribution in [-0.2, 0) is 13.2 Å². The molecule has 2 aromatic rings. The quantitative estimate of drug-likeness (QED) is 0.928. The van der Waals surface area contributed by atoms with E-state index in [0.717, 1.165) is 0 Å². The predicted octanol–water partition coefficient (Wildman–Crippen LogP) is 3.69. The van der Waals surface area contributed by atoms with Crippen LogP contribution in [0.3, 0.4) is 0 Å². The van der Waals surface area contributed by atoms with Crippen molar-refractivity contribution in [2.75, 3.05) is 0 Å². The summed E-state index contributed by atoms with van der Waals surface area (Å²) in [4.78, 5) is 0. The third kappa shape index (κ3) is 3.03. The van der Waals surface area contributed by atoms with Crippen molar-refractivity contribution in [3.8, 4) is 5.75 Å². The molecule has 0 bridgehead atoms. The molecule has 0 aliphatic carbocycles. The van der Waals surface area contributed by atoms with Crippen LogP contribution in [0.2, 0.25) is 5.02 Å². The first-order chi connectivity index (χ1) is 9.13. The van der Waals surface area contributed by atoms with Gasteiger partial charge in [0.05, 0.1) is 11.6 Å². The maximum Gasteiger partial charge on any atom is 0.165 e. The minimum absolute atomic E-state index is 0.0932. The summed E-state index contributed by atoms with van der Waals surface area (Å²) in [6, 6.07) is 8.45. The van der Waals surface area contributed by atoms with Crippen LogP contribution in [0.15, 0.2) is 36.4 Å². The van der Waals surface area contributed by atoms with Crippen molar-refractivity contribution >= 4 is 11.6 Å². The van der Waals surface area contributed by atoms with E-state index in [2.05, 4.69) is 0 Å². The Hall–Kier alpha value is -1.65. The van der Waals surface area contributed by atoms with E-state index in [1.807, 2.05) is 0 Å². The third-order valence-electron chi connectivity index (χ3n) is 2.64. The van der Waals surface area contributed by atoms with Crippen LogP contribution in [0.1, 0.15) is 11.1 Å². The number of rotatable bonds is 4. The zero-order chi connectivity index (χ0) is 13.8.